The molecule has 0 aliphatic carbocycles. The van der Waals surface area contributed by atoms with Crippen LogP contribution in [0, 0.1) is 0 Å². The number of piperidine rings is 1. The molecule has 0 amide bonds. The van der Waals surface area contributed by atoms with Crippen LogP contribution in [0.5, 0.6) is 0 Å². The summed E-state index contributed by atoms with van der Waals surface area (Å²) in [5, 5.41) is 0. The summed E-state index contributed by atoms with van der Waals surface area (Å²) in [5.41, 5.74) is 11.9. The highest BCUT2D eigenvalue weighted by atomic mass is 19.1. The van der Waals surface area contributed by atoms with Gasteiger partial charge in [-0.05, 0) is 19.9 Å². The molecule has 1 heterocycles. The Morgan fingerprint density at radius 1 is 1.62 bits per heavy atom. The average molecular weight is 228 g/mol. The molecule has 1 rings (SSSR count). The van der Waals surface area contributed by atoms with Crippen LogP contribution >= 0.6 is 0 Å². The average Bonchev–Trinajstić information content (AvgIpc) is 2.30. The Kier molecular flexibility index (Phi) is 4.73. The Morgan fingerprint density at radius 3 is 2.81 bits per heavy atom. The molecule has 2 unspecified atom stereocenters. The number of hydrogen-bond acceptors (Lipinski definition) is 4. The van der Waals surface area contributed by atoms with Crippen LogP contribution in [0.3, 0.4) is 0 Å². The monoisotopic (exact) mass is 228 g/mol. The van der Waals surface area contributed by atoms with Gasteiger partial charge in [-0.3, -0.25) is 4.99 Å². The van der Waals surface area contributed by atoms with Crippen LogP contribution in [0.4, 0.5) is 4.39 Å². The molecule has 0 spiro atoms. The first-order chi connectivity index (χ1) is 7.58. The highest BCUT2D eigenvalue weighted by Crippen LogP contribution is 2.17. The Labute approximate surface area is 96.2 Å². The Morgan fingerprint density at radius 2 is 2.31 bits per heavy atom. The van der Waals surface area contributed by atoms with Crippen molar-refractivity contribution >= 4 is 5.71 Å². The minimum Gasteiger partial charge on any atom is -0.403 e. The van der Waals surface area contributed by atoms with Crippen molar-refractivity contribution < 1.29 is 4.39 Å². The smallest absolute Gasteiger partial charge is 0.135 e. The first-order valence-corrected chi connectivity index (χ1v) is 5.67. The lowest BCUT2D eigenvalue weighted by Gasteiger charge is -2.32. The number of hydrogen-bond donors (Lipinski definition) is 2. The zero-order chi connectivity index (χ0) is 12.1. The van der Waals surface area contributed by atoms with E-state index in [2.05, 4.69) is 9.89 Å². The standard InChI is InChI=1S/C11H21FN4/c1-3-16-5-4-11(9(12)7-16)15-8(2)10(14)6-13/h6,9,11H,3-5,7,13-14H2,1-2H3. The predicted molar refractivity (Wildman–Crippen MR) is 65.0 cm³/mol. The molecule has 1 saturated heterocycles. The molecule has 1 fully saturated rings. The maximum Gasteiger partial charge on any atom is 0.135 e. The van der Waals surface area contributed by atoms with Crippen molar-refractivity contribution in [2.45, 2.75) is 32.5 Å². The molecule has 5 heteroatoms. The van der Waals surface area contributed by atoms with Gasteiger partial charge in [0.05, 0.1) is 17.5 Å². The van der Waals surface area contributed by atoms with Crippen LogP contribution in [0.15, 0.2) is 16.9 Å². The fourth-order valence-corrected chi connectivity index (χ4v) is 1.83. The second kappa shape index (κ2) is 5.84. The minimum atomic E-state index is -0.908. The van der Waals surface area contributed by atoms with E-state index < -0.39 is 6.17 Å². The highest BCUT2D eigenvalue weighted by molar-refractivity contribution is 5.97. The Balaban J connectivity index is 2.63. The van der Waals surface area contributed by atoms with E-state index in [0.717, 1.165) is 19.5 Å². The summed E-state index contributed by atoms with van der Waals surface area (Å²) in [5.74, 6) is 0. The van der Waals surface area contributed by atoms with Crippen molar-refractivity contribution in [3.63, 3.8) is 0 Å². The summed E-state index contributed by atoms with van der Waals surface area (Å²) in [6, 6.07) is -0.277. The molecule has 0 aromatic heterocycles. The lowest BCUT2D eigenvalue weighted by atomic mass is 10.0. The maximum absolute atomic E-state index is 13.8. The van der Waals surface area contributed by atoms with Gasteiger partial charge in [-0.25, -0.2) is 4.39 Å². The number of allylic oxidation sites excluding steroid dienone is 1. The highest BCUT2D eigenvalue weighted by Gasteiger charge is 2.28. The lowest BCUT2D eigenvalue weighted by Crippen LogP contribution is -2.44. The van der Waals surface area contributed by atoms with Gasteiger partial charge in [0.25, 0.3) is 0 Å². The SMILES string of the molecule is CCN1CCC(N=C(C)C(N)=CN)C(F)C1. The van der Waals surface area contributed by atoms with E-state index in [9.17, 15) is 4.39 Å². The molecule has 1 aliphatic heterocycles. The van der Waals surface area contributed by atoms with Gasteiger partial charge in [0.2, 0.25) is 0 Å². The molecule has 0 aromatic rings. The summed E-state index contributed by atoms with van der Waals surface area (Å²) in [4.78, 5) is 6.39. The van der Waals surface area contributed by atoms with Gasteiger partial charge >= 0.3 is 0 Å². The second-order valence-corrected chi connectivity index (χ2v) is 4.10. The Bertz CT molecular complexity index is 288. The number of nitrogens with two attached hydrogens (primary N) is 2. The van der Waals surface area contributed by atoms with Crippen LogP contribution in [0.1, 0.15) is 20.3 Å². The number of aliphatic imine (C=N–C) groups is 1. The number of likely N-dealkylation sites (tertiary alicyclic amines) is 1. The quantitative estimate of drug-likeness (QED) is 0.696. The van der Waals surface area contributed by atoms with Crippen LogP contribution in [0.2, 0.25) is 0 Å². The molecule has 0 aromatic carbocycles. The predicted octanol–water partition coefficient (Wildman–Crippen LogP) is 0.638. The number of nitrogens with zero attached hydrogens (tertiary/aromatic N) is 2. The van der Waals surface area contributed by atoms with E-state index in [0.29, 0.717) is 18.0 Å². The zero-order valence-electron chi connectivity index (χ0n) is 9.99. The molecule has 1 aliphatic rings. The van der Waals surface area contributed by atoms with E-state index in [1.165, 1.54) is 6.20 Å². The first-order valence-electron chi connectivity index (χ1n) is 5.67. The summed E-state index contributed by atoms with van der Waals surface area (Å²) < 4.78 is 13.8. The third kappa shape index (κ3) is 3.20. The van der Waals surface area contributed by atoms with Crippen molar-refractivity contribution in [2.24, 2.45) is 16.5 Å². The van der Waals surface area contributed by atoms with Gasteiger partial charge in [0.1, 0.15) is 6.17 Å². The molecule has 4 nitrogen and oxygen atoms in total. The largest absolute Gasteiger partial charge is 0.403 e. The van der Waals surface area contributed by atoms with Crippen molar-refractivity contribution in [1.29, 1.82) is 0 Å². The fourth-order valence-electron chi connectivity index (χ4n) is 1.83. The topological polar surface area (TPSA) is 67.6 Å². The molecule has 16 heavy (non-hydrogen) atoms. The van der Waals surface area contributed by atoms with Crippen LogP contribution in [-0.2, 0) is 0 Å². The first kappa shape index (κ1) is 13.0. The molecule has 2 atom stereocenters. The molecular formula is C11H21FN4. The second-order valence-electron chi connectivity index (χ2n) is 4.10. The van der Waals surface area contributed by atoms with E-state index in [4.69, 9.17) is 11.5 Å². The molecule has 92 valence electrons. The fraction of sp³-hybridized carbons (Fsp3) is 0.727. The van der Waals surface area contributed by atoms with Crippen LogP contribution in [0.25, 0.3) is 0 Å². The molecule has 4 N–H and O–H groups in total. The summed E-state index contributed by atoms with van der Waals surface area (Å²) in [7, 11) is 0. The van der Waals surface area contributed by atoms with E-state index in [1.54, 1.807) is 6.92 Å². The Hall–Kier alpha value is -1.10. The third-order valence-corrected chi connectivity index (χ3v) is 3.00. The molecule has 0 radical (unpaired) electrons. The third-order valence-electron chi connectivity index (χ3n) is 3.00. The van der Waals surface area contributed by atoms with Gasteiger partial charge < -0.3 is 16.4 Å². The number of halogens is 1. The van der Waals surface area contributed by atoms with E-state index in [1.807, 2.05) is 6.92 Å². The maximum atomic E-state index is 13.8. The van der Waals surface area contributed by atoms with Gasteiger partial charge in [-0.2, -0.15) is 0 Å². The van der Waals surface area contributed by atoms with E-state index >= 15 is 0 Å². The molecule has 0 saturated carbocycles. The number of rotatable bonds is 3. The molecular weight excluding hydrogens is 207 g/mol. The minimum absolute atomic E-state index is 0.277. The van der Waals surface area contributed by atoms with Crippen molar-refractivity contribution in [3.8, 4) is 0 Å². The number of alkyl halides is 1. The van der Waals surface area contributed by atoms with Gasteiger partial charge in [0, 0.05) is 19.3 Å². The van der Waals surface area contributed by atoms with E-state index in [-0.39, 0.29) is 6.04 Å². The van der Waals surface area contributed by atoms with Crippen molar-refractivity contribution in [3.05, 3.63) is 11.9 Å². The van der Waals surface area contributed by atoms with Crippen molar-refractivity contribution in [1.82, 2.24) is 4.90 Å². The van der Waals surface area contributed by atoms with Crippen molar-refractivity contribution in [2.75, 3.05) is 19.6 Å². The normalized spacial score (nSPS) is 29.4. The summed E-state index contributed by atoms with van der Waals surface area (Å²) in [6.45, 7) is 6.05. The van der Waals surface area contributed by atoms with Crippen LogP contribution in [-0.4, -0.2) is 42.5 Å². The zero-order valence-corrected chi connectivity index (χ0v) is 9.99. The molecule has 0 bridgehead atoms. The van der Waals surface area contributed by atoms with Gasteiger partial charge in [0.15, 0.2) is 0 Å². The summed E-state index contributed by atoms with van der Waals surface area (Å²) >= 11 is 0. The summed E-state index contributed by atoms with van der Waals surface area (Å²) in [6.07, 6.45) is 1.13. The lowest BCUT2D eigenvalue weighted by molar-refractivity contribution is 0.125. The van der Waals surface area contributed by atoms with Gasteiger partial charge in [-0.1, -0.05) is 6.92 Å². The van der Waals surface area contributed by atoms with Gasteiger partial charge in [-0.15, -0.1) is 0 Å². The van der Waals surface area contributed by atoms with Crippen LogP contribution < -0.4 is 11.5 Å².